The SMILES string of the molecule is CCO[Si](C)(C)CCN1CCN([Si](C(C)C)(C(C)C)C(C)C)CC1. The van der Waals surface area contributed by atoms with Gasteiger partial charge in [-0.1, -0.05) is 41.5 Å². The maximum atomic E-state index is 6.00. The molecular weight excluding hydrogens is 328 g/mol. The fraction of sp³-hybridized carbons (Fsp3) is 1.00. The predicted molar refractivity (Wildman–Crippen MR) is 113 cm³/mol. The Hall–Kier alpha value is 0.314. The molecule has 3 nitrogen and oxygen atoms in total. The molecule has 24 heavy (non-hydrogen) atoms. The van der Waals surface area contributed by atoms with Crippen molar-refractivity contribution < 1.29 is 4.43 Å². The van der Waals surface area contributed by atoms with Gasteiger partial charge in [0, 0.05) is 32.8 Å². The van der Waals surface area contributed by atoms with Gasteiger partial charge in [0.05, 0.1) is 0 Å². The number of nitrogens with zero attached hydrogens (tertiary/aromatic N) is 2. The van der Waals surface area contributed by atoms with Crippen molar-refractivity contribution >= 4 is 16.6 Å². The normalized spacial score (nSPS) is 19.0. The Balaban J connectivity index is 2.66. The van der Waals surface area contributed by atoms with Gasteiger partial charge < -0.3 is 13.9 Å². The fourth-order valence-electron chi connectivity index (χ4n) is 5.34. The lowest BCUT2D eigenvalue weighted by Gasteiger charge is -2.53. The zero-order chi connectivity index (χ0) is 18.5. The van der Waals surface area contributed by atoms with Crippen LogP contribution in [0.2, 0.25) is 35.8 Å². The lowest BCUT2D eigenvalue weighted by atomic mass is 10.4. The van der Waals surface area contributed by atoms with E-state index in [0.29, 0.717) is 0 Å². The van der Waals surface area contributed by atoms with Crippen LogP contribution >= 0.6 is 0 Å². The van der Waals surface area contributed by atoms with E-state index in [1.54, 1.807) is 0 Å². The summed E-state index contributed by atoms with van der Waals surface area (Å²) in [4.78, 5) is 2.68. The zero-order valence-electron chi connectivity index (χ0n) is 18.0. The second-order valence-corrected chi connectivity index (χ2v) is 19.3. The molecule has 0 amide bonds. The third-order valence-electron chi connectivity index (χ3n) is 6.26. The van der Waals surface area contributed by atoms with Crippen LogP contribution in [0.5, 0.6) is 0 Å². The van der Waals surface area contributed by atoms with Gasteiger partial charge >= 0.3 is 0 Å². The summed E-state index contributed by atoms with van der Waals surface area (Å²) < 4.78 is 8.95. The molecule has 0 aromatic rings. The largest absolute Gasteiger partial charge is 0.418 e. The summed E-state index contributed by atoms with van der Waals surface area (Å²) >= 11 is 0. The highest BCUT2D eigenvalue weighted by Gasteiger charge is 2.48. The Labute approximate surface area is 154 Å². The van der Waals surface area contributed by atoms with Gasteiger partial charge in [0.15, 0.2) is 8.32 Å². The van der Waals surface area contributed by atoms with E-state index in [1.807, 2.05) is 0 Å². The van der Waals surface area contributed by atoms with Gasteiger partial charge in [-0.05, 0) is 49.2 Å². The first kappa shape index (κ1) is 22.4. The quantitative estimate of drug-likeness (QED) is 0.528. The van der Waals surface area contributed by atoms with Gasteiger partial charge in [-0.3, -0.25) is 0 Å². The first-order chi connectivity index (χ1) is 11.1. The highest BCUT2D eigenvalue weighted by atomic mass is 28.4. The number of rotatable bonds is 9. The Morgan fingerprint density at radius 3 is 1.67 bits per heavy atom. The van der Waals surface area contributed by atoms with Crippen LogP contribution in [0.3, 0.4) is 0 Å². The van der Waals surface area contributed by atoms with Crippen molar-refractivity contribution in [1.29, 1.82) is 0 Å². The van der Waals surface area contributed by atoms with Crippen molar-refractivity contribution in [2.75, 3.05) is 39.3 Å². The van der Waals surface area contributed by atoms with E-state index in [4.69, 9.17) is 4.43 Å². The van der Waals surface area contributed by atoms with Crippen molar-refractivity contribution in [1.82, 2.24) is 9.47 Å². The predicted octanol–water partition coefficient (Wildman–Crippen LogP) is 5.02. The topological polar surface area (TPSA) is 15.7 Å². The van der Waals surface area contributed by atoms with Crippen LogP contribution in [-0.2, 0) is 4.43 Å². The summed E-state index contributed by atoms with van der Waals surface area (Å²) in [6, 6.07) is 1.27. The van der Waals surface area contributed by atoms with Crippen LogP contribution in [0.1, 0.15) is 48.5 Å². The molecule has 0 aromatic carbocycles. The van der Waals surface area contributed by atoms with Crippen molar-refractivity contribution in [3.8, 4) is 0 Å². The Bertz CT molecular complexity index is 343. The summed E-state index contributed by atoms with van der Waals surface area (Å²) in [5, 5.41) is 0. The van der Waals surface area contributed by atoms with Crippen LogP contribution < -0.4 is 0 Å². The van der Waals surface area contributed by atoms with Crippen molar-refractivity contribution in [2.45, 2.75) is 84.2 Å². The minimum atomic E-state index is -1.44. The zero-order valence-corrected chi connectivity index (χ0v) is 20.0. The first-order valence-corrected chi connectivity index (χ1v) is 15.5. The number of hydrogen-bond donors (Lipinski definition) is 0. The van der Waals surface area contributed by atoms with Gasteiger partial charge in [-0.25, -0.2) is 0 Å². The first-order valence-electron chi connectivity index (χ1n) is 10.2. The molecule has 0 saturated carbocycles. The van der Waals surface area contributed by atoms with Crippen LogP contribution in [0, 0.1) is 0 Å². The molecule has 1 aliphatic rings. The van der Waals surface area contributed by atoms with E-state index in [2.05, 4.69) is 71.0 Å². The second-order valence-electron chi connectivity index (χ2n) is 9.12. The molecule has 1 saturated heterocycles. The highest BCUT2D eigenvalue weighted by molar-refractivity contribution is 6.81. The van der Waals surface area contributed by atoms with Crippen LogP contribution in [0.15, 0.2) is 0 Å². The number of hydrogen-bond acceptors (Lipinski definition) is 3. The summed E-state index contributed by atoms with van der Waals surface area (Å²) in [6.07, 6.45) is 0. The molecule has 1 aliphatic heterocycles. The molecule has 144 valence electrons. The molecule has 1 rings (SSSR count). The average Bonchev–Trinajstić information content (AvgIpc) is 2.46. The average molecular weight is 373 g/mol. The molecule has 0 unspecified atom stereocenters. The molecule has 5 heteroatoms. The monoisotopic (exact) mass is 372 g/mol. The molecule has 1 heterocycles. The maximum Gasteiger partial charge on any atom is 0.187 e. The maximum absolute atomic E-state index is 6.00. The Kier molecular flexibility index (Phi) is 8.67. The third kappa shape index (κ3) is 5.16. The molecule has 0 aromatic heterocycles. The van der Waals surface area contributed by atoms with Gasteiger partial charge in [0.2, 0.25) is 0 Å². The summed E-state index contributed by atoms with van der Waals surface area (Å²) in [5.74, 6) is 0. The van der Waals surface area contributed by atoms with E-state index in [1.165, 1.54) is 38.8 Å². The lowest BCUT2D eigenvalue weighted by molar-refractivity contribution is 0.182. The van der Waals surface area contributed by atoms with Gasteiger partial charge in [-0.15, -0.1) is 0 Å². The highest BCUT2D eigenvalue weighted by Crippen LogP contribution is 2.44. The molecule has 0 radical (unpaired) electrons. The molecular formula is C19H44N2OSi2. The van der Waals surface area contributed by atoms with E-state index >= 15 is 0 Å². The third-order valence-corrected chi connectivity index (χ3v) is 15.8. The van der Waals surface area contributed by atoms with Crippen LogP contribution in [0.4, 0.5) is 0 Å². The Morgan fingerprint density at radius 1 is 0.833 bits per heavy atom. The molecule has 0 atom stereocenters. The second kappa shape index (κ2) is 9.31. The number of piperazine rings is 1. The van der Waals surface area contributed by atoms with E-state index in [0.717, 1.165) is 23.2 Å². The van der Waals surface area contributed by atoms with Crippen molar-refractivity contribution in [3.05, 3.63) is 0 Å². The van der Waals surface area contributed by atoms with Crippen LogP contribution in [0.25, 0.3) is 0 Å². The Morgan fingerprint density at radius 2 is 1.29 bits per heavy atom. The van der Waals surface area contributed by atoms with Crippen LogP contribution in [-0.4, -0.2) is 65.3 Å². The smallest absolute Gasteiger partial charge is 0.187 e. The molecule has 0 bridgehead atoms. The van der Waals surface area contributed by atoms with Crippen molar-refractivity contribution in [3.63, 3.8) is 0 Å². The summed E-state index contributed by atoms with van der Waals surface area (Å²) in [7, 11) is -2.88. The van der Waals surface area contributed by atoms with Gasteiger partial charge in [-0.2, -0.15) is 0 Å². The van der Waals surface area contributed by atoms with Gasteiger partial charge in [0.25, 0.3) is 0 Å². The molecule has 0 N–H and O–H groups in total. The van der Waals surface area contributed by atoms with Crippen molar-refractivity contribution in [2.24, 2.45) is 0 Å². The minimum Gasteiger partial charge on any atom is -0.418 e. The molecule has 0 spiro atoms. The molecule has 0 aliphatic carbocycles. The fourth-order valence-corrected chi connectivity index (χ4v) is 14.3. The van der Waals surface area contributed by atoms with Gasteiger partial charge in [0.1, 0.15) is 8.24 Å². The summed E-state index contributed by atoms with van der Waals surface area (Å²) in [6.45, 7) is 28.9. The van der Waals surface area contributed by atoms with E-state index < -0.39 is 16.6 Å². The lowest BCUT2D eigenvalue weighted by Crippen LogP contribution is -2.65. The van der Waals surface area contributed by atoms with E-state index in [9.17, 15) is 0 Å². The summed E-state index contributed by atoms with van der Waals surface area (Å²) in [5.41, 5.74) is 2.48. The minimum absolute atomic E-state index is 0.827. The van der Waals surface area contributed by atoms with E-state index in [-0.39, 0.29) is 0 Å². The standard InChI is InChI=1S/C19H44N2OSi2/c1-10-22-23(8,9)16-15-20-11-13-21(14-12-20)24(17(2)3,18(4)5)19(6)7/h17-19H,10-16H2,1-9H3. The molecule has 1 fully saturated rings.